The highest BCUT2D eigenvalue weighted by molar-refractivity contribution is 6.10. The number of nitrogens with zero attached hydrogens (tertiary/aromatic N) is 2. The van der Waals surface area contributed by atoms with Gasteiger partial charge in [-0.05, 0) is 106 Å². The standard InChI is InChI=1S/C60H40N2O/c1-2-15-41(16-3-1)44-17-14-18-46(39-44)50-20-5-9-24-55(50)61(47-34-29-42(30-35-47)45-33-38-54-53-23-8-13-28-59(53)63-60(54)40-45)48-36-31-43(32-37-48)49-19-4-10-25-56(49)62-57-26-11-6-21-51(57)52-22-7-12-27-58(52)62/h1-40H. The molecule has 0 aliphatic rings. The van der Waals surface area contributed by atoms with Crippen LogP contribution < -0.4 is 4.90 Å². The van der Waals surface area contributed by atoms with Crippen LogP contribution in [0.5, 0.6) is 0 Å². The molecule has 2 aromatic heterocycles. The molecule has 0 aliphatic heterocycles. The molecule has 0 atom stereocenters. The number of hydrogen-bond acceptors (Lipinski definition) is 2. The first-order valence-corrected chi connectivity index (χ1v) is 21.5. The van der Waals surface area contributed by atoms with Gasteiger partial charge in [0.25, 0.3) is 0 Å². The molecule has 0 N–H and O–H groups in total. The third-order valence-corrected chi connectivity index (χ3v) is 12.4. The van der Waals surface area contributed by atoms with Gasteiger partial charge in [0.2, 0.25) is 0 Å². The van der Waals surface area contributed by atoms with Crippen molar-refractivity contribution in [3.8, 4) is 50.2 Å². The molecule has 0 unspecified atom stereocenters. The Kier molecular flexibility index (Phi) is 8.83. The SMILES string of the molecule is c1ccc(-c2cccc(-c3ccccc3N(c3ccc(-c4ccc5c(c4)oc4ccccc45)cc3)c3ccc(-c4ccccc4-n4c5ccccc5c5ccccc54)cc3)c2)cc1. The van der Waals surface area contributed by atoms with Crippen molar-refractivity contribution in [3.63, 3.8) is 0 Å². The summed E-state index contributed by atoms with van der Waals surface area (Å²) in [6, 6.07) is 87.2. The highest BCUT2D eigenvalue weighted by atomic mass is 16.3. The Morgan fingerprint density at radius 2 is 0.810 bits per heavy atom. The van der Waals surface area contributed by atoms with Gasteiger partial charge in [-0.1, -0.05) is 170 Å². The van der Waals surface area contributed by atoms with E-state index in [9.17, 15) is 0 Å². The third kappa shape index (κ3) is 6.38. The van der Waals surface area contributed by atoms with Crippen LogP contribution in [0.2, 0.25) is 0 Å². The first kappa shape index (κ1) is 36.5. The van der Waals surface area contributed by atoms with Gasteiger partial charge in [-0.15, -0.1) is 0 Å². The molecule has 10 aromatic carbocycles. The lowest BCUT2D eigenvalue weighted by atomic mass is 9.97. The van der Waals surface area contributed by atoms with Gasteiger partial charge in [-0.3, -0.25) is 0 Å². The van der Waals surface area contributed by atoms with Crippen LogP contribution in [-0.4, -0.2) is 4.57 Å². The van der Waals surface area contributed by atoms with Crippen LogP contribution in [0.15, 0.2) is 247 Å². The smallest absolute Gasteiger partial charge is 0.136 e. The van der Waals surface area contributed by atoms with Gasteiger partial charge in [-0.25, -0.2) is 0 Å². The van der Waals surface area contributed by atoms with Crippen molar-refractivity contribution in [1.29, 1.82) is 0 Å². The molecule has 0 saturated heterocycles. The second-order valence-corrected chi connectivity index (χ2v) is 16.1. The van der Waals surface area contributed by atoms with Crippen molar-refractivity contribution in [2.24, 2.45) is 0 Å². The lowest BCUT2D eigenvalue weighted by Crippen LogP contribution is -2.11. The summed E-state index contributed by atoms with van der Waals surface area (Å²) < 4.78 is 8.69. The quantitative estimate of drug-likeness (QED) is 0.153. The molecule has 0 aliphatic carbocycles. The van der Waals surface area contributed by atoms with E-state index in [1.165, 1.54) is 38.5 Å². The molecule has 0 radical (unpaired) electrons. The van der Waals surface area contributed by atoms with E-state index in [2.05, 4.69) is 240 Å². The van der Waals surface area contributed by atoms with Crippen LogP contribution >= 0.6 is 0 Å². The highest BCUT2D eigenvalue weighted by Gasteiger charge is 2.20. The van der Waals surface area contributed by atoms with Crippen molar-refractivity contribution in [2.75, 3.05) is 4.90 Å². The van der Waals surface area contributed by atoms with Gasteiger partial charge >= 0.3 is 0 Å². The second kappa shape index (κ2) is 15.3. The zero-order valence-electron chi connectivity index (χ0n) is 34.4. The van der Waals surface area contributed by atoms with Gasteiger partial charge in [0.1, 0.15) is 11.2 Å². The number of aromatic nitrogens is 1. The molecule has 12 rings (SSSR count). The Hall–Kier alpha value is -8.40. The predicted octanol–water partition coefficient (Wildman–Crippen LogP) is 16.8. The lowest BCUT2D eigenvalue weighted by molar-refractivity contribution is 0.669. The van der Waals surface area contributed by atoms with Gasteiger partial charge in [0, 0.05) is 44.0 Å². The van der Waals surface area contributed by atoms with Crippen LogP contribution in [0.3, 0.4) is 0 Å². The number of rotatable bonds is 8. The molecular formula is C60H40N2O. The van der Waals surface area contributed by atoms with Crippen LogP contribution in [0.4, 0.5) is 17.1 Å². The first-order chi connectivity index (χ1) is 31.2. The Morgan fingerprint density at radius 1 is 0.302 bits per heavy atom. The minimum Gasteiger partial charge on any atom is -0.456 e. The zero-order valence-corrected chi connectivity index (χ0v) is 34.4. The second-order valence-electron chi connectivity index (χ2n) is 16.1. The monoisotopic (exact) mass is 804 g/mol. The topological polar surface area (TPSA) is 21.3 Å². The molecule has 0 saturated carbocycles. The number of benzene rings is 10. The maximum atomic E-state index is 6.28. The van der Waals surface area contributed by atoms with E-state index in [0.29, 0.717) is 0 Å². The molecule has 3 heteroatoms. The van der Waals surface area contributed by atoms with E-state index < -0.39 is 0 Å². The van der Waals surface area contributed by atoms with Gasteiger partial charge in [-0.2, -0.15) is 0 Å². The van der Waals surface area contributed by atoms with Crippen LogP contribution in [0.25, 0.3) is 93.9 Å². The number of hydrogen-bond donors (Lipinski definition) is 0. The molecule has 0 spiro atoms. The Balaban J connectivity index is 0.976. The molecule has 63 heavy (non-hydrogen) atoms. The van der Waals surface area contributed by atoms with E-state index in [0.717, 1.165) is 72.5 Å². The molecule has 0 fully saturated rings. The van der Waals surface area contributed by atoms with Crippen molar-refractivity contribution >= 4 is 60.8 Å². The fraction of sp³-hybridized carbons (Fsp3) is 0. The molecule has 0 amide bonds. The summed E-state index contributed by atoms with van der Waals surface area (Å²) in [5.74, 6) is 0. The van der Waals surface area contributed by atoms with Crippen molar-refractivity contribution < 1.29 is 4.42 Å². The Labute approximate surface area is 366 Å². The number of para-hydroxylation sites is 5. The minimum absolute atomic E-state index is 0.894. The molecule has 12 aromatic rings. The molecular weight excluding hydrogens is 765 g/mol. The molecule has 3 nitrogen and oxygen atoms in total. The maximum absolute atomic E-state index is 6.28. The fourth-order valence-corrected chi connectivity index (χ4v) is 9.43. The van der Waals surface area contributed by atoms with E-state index in [1.54, 1.807) is 0 Å². The summed E-state index contributed by atoms with van der Waals surface area (Å²) in [5.41, 5.74) is 17.8. The van der Waals surface area contributed by atoms with Gasteiger partial charge in [0.15, 0.2) is 0 Å². The number of anilines is 3. The molecule has 0 bridgehead atoms. The normalized spacial score (nSPS) is 11.5. The Bertz CT molecular complexity index is 3560. The van der Waals surface area contributed by atoms with Crippen molar-refractivity contribution in [2.45, 2.75) is 0 Å². The van der Waals surface area contributed by atoms with Gasteiger partial charge in [0.05, 0.1) is 22.4 Å². The first-order valence-electron chi connectivity index (χ1n) is 21.5. The van der Waals surface area contributed by atoms with Gasteiger partial charge < -0.3 is 13.9 Å². The largest absolute Gasteiger partial charge is 0.456 e. The molecule has 2 heterocycles. The summed E-state index contributed by atoms with van der Waals surface area (Å²) in [5, 5.41) is 4.77. The summed E-state index contributed by atoms with van der Waals surface area (Å²) in [6.45, 7) is 0. The third-order valence-electron chi connectivity index (χ3n) is 12.4. The summed E-state index contributed by atoms with van der Waals surface area (Å²) in [6.07, 6.45) is 0. The van der Waals surface area contributed by atoms with Crippen LogP contribution in [-0.2, 0) is 0 Å². The summed E-state index contributed by atoms with van der Waals surface area (Å²) in [7, 11) is 0. The fourth-order valence-electron chi connectivity index (χ4n) is 9.43. The number of fused-ring (bicyclic) bond motifs is 6. The van der Waals surface area contributed by atoms with E-state index >= 15 is 0 Å². The zero-order chi connectivity index (χ0) is 41.7. The number of furan rings is 1. The minimum atomic E-state index is 0.894. The van der Waals surface area contributed by atoms with E-state index in [4.69, 9.17) is 4.42 Å². The van der Waals surface area contributed by atoms with E-state index in [1.807, 2.05) is 12.1 Å². The predicted molar refractivity (Wildman–Crippen MR) is 264 cm³/mol. The summed E-state index contributed by atoms with van der Waals surface area (Å²) in [4.78, 5) is 2.39. The van der Waals surface area contributed by atoms with Crippen LogP contribution in [0.1, 0.15) is 0 Å². The maximum Gasteiger partial charge on any atom is 0.136 e. The lowest BCUT2D eigenvalue weighted by Gasteiger charge is -2.28. The average Bonchev–Trinajstić information content (AvgIpc) is 3.90. The van der Waals surface area contributed by atoms with Crippen molar-refractivity contribution in [3.05, 3.63) is 243 Å². The molecule has 296 valence electrons. The van der Waals surface area contributed by atoms with Crippen molar-refractivity contribution in [1.82, 2.24) is 4.57 Å². The average molecular weight is 805 g/mol. The Morgan fingerprint density at radius 3 is 1.56 bits per heavy atom. The highest BCUT2D eigenvalue weighted by Crippen LogP contribution is 2.44. The van der Waals surface area contributed by atoms with E-state index in [-0.39, 0.29) is 0 Å². The summed E-state index contributed by atoms with van der Waals surface area (Å²) >= 11 is 0. The van der Waals surface area contributed by atoms with Crippen LogP contribution in [0, 0.1) is 0 Å².